The summed E-state index contributed by atoms with van der Waals surface area (Å²) in [6, 6.07) is 5.48. The fourth-order valence-electron chi connectivity index (χ4n) is 2.66. The number of hydrogen-bond acceptors (Lipinski definition) is 4. The van der Waals surface area contributed by atoms with E-state index in [9.17, 15) is 10.1 Å². The van der Waals surface area contributed by atoms with Gasteiger partial charge in [-0.1, -0.05) is 6.92 Å². The highest BCUT2D eigenvalue weighted by atomic mass is 127. The monoisotopic (exact) mass is 389 g/mol. The third kappa shape index (κ3) is 3.82. The third-order valence-corrected chi connectivity index (χ3v) is 4.27. The Morgan fingerprint density at radius 3 is 2.80 bits per heavy atom. The molecule has 0 spiro atoms. The lowest BCUT2D eigenvalue weighted by atomic mass is 10.2. The van der Waals surface area contributed by atoms with Gasteiger partial charge in [0.15, 0.2) is 0 Å². The summed E-state index contributed by atoms with van der Waals surface area (Å²) in [5.74, 6) is 0. The Bertz CT molecular complexity index is 481. The molecule has 1 aromatic rings. The average Bonchev–Trinajstić information content (AvgIpc) is 2.65. The molecule has 0 aliphatic carbocycles. The minimum Gasteiger partial charge on any atom is -0.365 e. The lowest BCUT2D eigenvalue weighted by molar-refractivity contribution is -0.384. The number of hydrogen-bond donors (Lipinski definition) is 0. The first-order chi connectivity index (χ1) is 9.61. The van der Waals surface area contributed by atoms with Crippen LogP contribution in [0.15, 0.2) is 18.2 Å². The van der Waals surface area contributed by atoms with Crippen LogP contribution in [0, 0.1) is 13.7 Å². The van der Waals surface area contributed by atoms with Gasteiger partial charge in [-0.3, -0.25) is 10.1 Å². The van der Waals surface area contributed by atoms with E-state index < -0.39 is 0 Å². The summed E-state index contributed by atoms with van der Waals surface area (Å²) < 4.78 is 0.903. The zero-order chi connectivity index (χ0) is 14.5. The number of benzene rings is 1. The quantitative estimate of drug-likeness (QED) is 0.451. The van der Waals surface area contributed by atoms with Crippen LogP contribution in [0.2, 0.25) is 0 Å². The van der Waals surface area contributed by atoms with E-state index in [0.29, 0.717) is 0 Å². The van der Waals surface area contributed by atoms with Crippen molar-refractivity contribution in [2.24, 2.45) is 0 Å². The number of anilines is 1. The van der Waals surface area contributed by atoms with Gasteiger partial charge in [-0.25, -0.2) is 0 Å². The normalized spacial score (nSPS) is 17.0. The van der Waals surface area contributed by atoms with Crippen LogP contribution in [0.1, 0.15) is 19.8 Å². The molecule has 0 amide bonds. The summed E-state index contributed by atoms with van der Waals surface area (Å²) in [6.07, 6.45) is 2.22. The van der Waals surface area contributed by atoms with Crippen molar-refractivity contribution in [3.8, 4) is 0 Å². The van der Waals surface area contributed by atoms with E-state index in [1.54, 1.807) is 6.07 Å². The Labute approximate surface area is 133 Å². The summed E-state index contributed by atoms with van der Waals surface area (Å²) in [5, 5.41) is 11.2. The maximum Gasteiger partial charge on any atom is 0.293 e. The predicted octanol–water partition coefficient (Wildman–Crippen LogP) is 3.12. The van der Waals surface area contributed by atoms with Gasteiger partial charge in [-0.2, -0.15) is 0 Å². The number of nitro benzene ring substituents is 1. The lowest BCUT2D eigenvalue weighted by Gasteiger charge is -2.23. The summed E-state index contributed by atoms with van der Waals surface area (Å²) >= 11 is 2.12. The molecular weight excluding hydrogens is 369 g/mol. The van der Waals surface area contributed by atoms with Gasteiger partial charge in [0, 0.05) is 29.3 Å². The number of nitro groups is 1. The van der Waals surface area contributed by atoms with Crippen LogP contribution in [0.3, 0.4) is 0 Å². The van der Waals surface area contributed by atoms with Gasteiger partial charge in [0.05, 0.1) is 4.92 Å². The SMILES string of the molecule is CCCN1CCCN(c2ccc(I)cc2[N+](=O)[O-])CC1. The molecule has 1 aliphatic heterocycles. The molecule has 2 rings (SSSR count). The highest BCUT2D eigenvalue weighted by Crippen LogP contribution is 2.30. The van der Waals surface area contributed by atoms with Crippen molar-refractivity contribution >= 4 is 34.0 Å². The highest BCUT2D eigenvalue weighted by Gasteiger charge is 2.22. The standard InChI is InChI=1S/C14H20IN3O2/c1-2-6-16-7-3-8-17(10-9-16)13-5-4-12(15)11-14(13)18(19)20/h4-5,11H,2-3,6-10H2,1H3. The molecule has 0 saturated carbocycles. The molecule has 1 saturated heterocycles. The summed E-state index contributed by atoms with van der Waals surface area (Å²) in [5.41, 5.74) is 0.981. The van der Waals surface area contributed by atoms with Crippen molar-refractivity contribution < 1.29 is 4.92 Å². The minimum absolute atomic E-state index is 0.223. The van der Waals surface area contributed by atoms with Crippen molar-refractivity contribution in [1.82, 2.24) is 4.90 Å². The number of nitrogens with zero attached hydrogens (tertiary/aromatic N) is 3. The van der Waals surface area contributed by atoms with Gasteiger partial charge in [0.2, 0.25) is 0 Å². The lowest BCUT2D eigenvalue weighted by Crippen LogP contribution is -2.31. The van der Waals surface area contributed by atoms with Crippen molar-refractivity contribution in [3.05, 3.63) is 31.9 Å². The predicted molar refractivity (Wildman–Crippen MR) is 89.4 cm³/mol. The van der Waals surface area contributed by atoms with E-state index in [1.165, 1.54) is 0 Å². The summed E-state index contributed by atoms with van der Waals surface area (Å²) in [4.78, 5) is 15.6. The van der Waals surface area contributed by atoms with Crippen LogP contribution in [0.25, 0.3) is 0 Å². The Morgan fingerprint density at radius 2 is 2.10 bits per heavy atom. The van der Waals surface area contributed by atoms with Crippen LogP contribution in [-0.2, 0) is 0 Å². The Morgan fingerprint density at radius 1 is 1.30 bits per heavy atom. The molecule has 1 heterocycles. The topological polar surface area (TPSA) is 49.6 Å². The zero-order valence-corrected chi connectivity index (χ0v) is 13.9. The third-order valence-electron chi connectivity index (χ3n) is 3.60. The van der Waals surface area contributed by atoms with E-state index in [4.69, 9.17) is 0 Å². The van der Waals surface area contributed by atoms with Gasteiger partial charge in [-0.05, 0) is 60.7 Å². The van der Waals surface area contributed by atoms with Crippen LogP contribution in [0.4, 0.5) is 11.4 Å². The first kappa shape index (κ1) is 15.5. The van der Waals surface area contributed by atoms with Crippen molar-refractivity contribution in [3.63, 3.8) is 0 Å². The second-order valence-corrected chi connectivity index (χ2v) is 6.32. The molecular formula is C14H20IN3O2. The van der Waals surface area contributed by atoms with E-state index >= 15 is 0 Å². The molecule has 0 atom stereocenters. The van der Waals surface area contributed by atoms with E-state index in [1.807, 2.05) is 12.1 Å². The maximum absolute atomic E-state index is 11.2. The van der Waals surface area contributed by atoms with E-state index in [0.717, 1.165) is 54.8 Å². The van der Waals surface area contributed by atoms with Crippen LogP contribution in [0.5, 0.6) is 0 Å². The Kier molecular flexibility index (Phi) is 5.59. The summed E-state index contributed by atoms with van der Waals surface area (Å²) in [7, 11) is 0. The molecule has 0 N–H and O–H groups in total. The van der Waals surface area contributed by atoms with Crippen LogP contribution >= 0.6 is 22.6 Å². The smallest absolute Gasteiger partial charge is 0.293 e. The molecule has 0 unspecified atom stereocenters. The zero-order valence-electron chi connectivity index (χ0n) is 11.7. The summed E-state index contributed by atoms with van der Waals surface area (Å²) in [6.45, 7) is 7.12. The minimum atomic E-state index is -0.272. The maximum atomic E-state index is 11.2. The Balaban J connectivity index is 2.17. The van der Waals surface area contributed by atoms with Crippen LogP contribution in [-0.4, -0.2) is 42.5 Å². The average molecular weight is 389 g/mol. The fraction of sp³-hybridized carbons (Fsp3) is 0.571. The van der Waals surface area contributed by atoms with Crippen molar-refractivity contribution in [1.29, 1.82) is 0 Å². The molecule has 6 heteroatoms. The molecule has 110 valence electrons. The molecule has 1 fully saturated rings. The fourth-order valence-corrected chi connectivity index (χ4v) is 3.14. The van der Waals surface area contributed by atoms with Gasteiger partial charge in [0.1, 0.15) is 5.69 Å². The molecule has 20 heavy (non-hydrogen) atoms. The Hall–Kier alpha value is -0.890. The molecule has 5 nitrogen and oxygen atoms in total. The molecule has 0 aromatic heterocycles. The first-order valence-electron chi connectivity index (χ1n) is 7.03. The molecule has 1 aromatic carbocycles. The van der Waals surface area contributed by atoms with Gasteiger partial charge < -0.3 is 9.80 Å². The molecule has 0 radical (unpaired) electrons. The van der Waals surface area contributed by atoms with Gasteiger partial charge >= 0.3 is 0 Å². The van der Waals surface area contributed by atoms with Crippen molar-refractivity contribution in [2.45, 2.75) is 19.8 Å². The number of rotatable bonds is 4. The van der Waals surface area contributed by atoms with Crippen molar-refractivity contribution in [2.75, 3.05) is 37.6 Å². The molecule has 0 bridgehead atoms. The van der Waals surface area contributed by atoms with Gasteiger partial charge in [0.25, 0.3) is 5.69 Å². The van der Waals surface area contributed by atoms with E-state index in [-0.39, 0.29) is 10.6 Å². The van der Waals surface area contributed by atoms with Crippen LogP contribution < -0.4 is 4.90 Å². The first-order valence-corrected chi connectivity index (χ1v) is 8.11. The number of halogens is 1. The highest BCUT2D eigenvalue weighted by molar-refractivity contribution is 14.1. The van der Waals surface area contributed by atoms with E-state index in [2.05, 4.69) is 39.3 Å². The van der Waals surface area contributed by atoms with Gasteiger partial charge in [-0.15, -0.1) is 0 Å². The second-order valence-electron chi connectivity index (χ2n) is 5.07. The second kappa shape index (κ2) is 7.21. The largest absolute Gasteiger partial charge is 0.365 e. The molecule has 1 aliphatic rings.